The molecule has 0 aliphatic heterocycles. The van der Waals surface area contributed by atoms with Crippen LogP contribution in [0.25, 0.3) is 22.4 Å². The maximum Gasteiger partial charge on any atom is 0.138 e. The summed E-state index contributed by atoms with van der Waals surface area (Å²) in [5.74, 6) is 0.816. The fourth-order valence-electron chi connectivity index (χ4n) is 2.36. The van der Waals surface area contributed by atoms with Gasteiger partial charge in [0.1, 0.15) is 11.3 Å². The summed E-state index contributed by atoms with van der Waals surface area (Å²) in [5, 5.41) is 0.612. The van der Waals surface area contributed by atoms with Gasteiger partial charge in [0.25, 0.3) is 0 Å². The number of aromatic amines is 1. The Bertz CT molecular complexity index is 754. The van der Waals surface area contributed by atoms with Crippen molar-refractivity contribution in [1.29, 1.82) is 0 Å². The van der Waals surface area contributed by atoms with Crippen LogP contribution in [-0.4, -0.2) is 9.97 Å². The maximum atomic E-state index is 6.00. The number of fused-ring (bicyclic) bond motifs is 1. The van der Waals surface area contributed by atoms with E-state index in [0.29, 0.717) is 10.7 Å². The lowest BCUT2D eigenvalue weighted by Gasteiger charge is -2.01. The Hall–Kier alpha value is -2.00. The second-order valence-electron chi connectivity index (χ2n) is 4.85. The molecule has 0 spiro atoms. The highest BCUT2D eigenvalue weighted by Gasteiger charge is 2.09. The number of nitrogens with two attached hydrogens (primary N) is 1. The summed E-state index contributed by atoms with van der Waals surface area (Å²) >= 11 is 6.00. The minimum atomic E-state index is 0.592. The fourth-order valence-corrected chi connectivity index (χ4v) is 2.58. The zero-order valence-corrected chi connectivity index (χ0v) is 11.5. The van der Waals surface area contributed by atoms with Gasteiger partial charge in [-0.1, -0.05) is 28.8 Å². The number of benzene rings is 2. The number of halogens is 1. The van der Waals surface area contributed by atoms with E-state index in [0.717, 1.165) is 22.4 Å². The molecule has 0 radical (unpaired) electrons. The average Bonchev–Trinajstić information content (AvgIpc) is 2.71. The number of nitrogen functional groups attached to an aromatic ring is 1. The number of hydrogen-bond donors (Lipinski definition) is 2. The molecule has 2 aromatic carbocycles. The van der Waals surface area contributed by atoms with Crippen LogP contribution in [0.15, 0.2) is 30.3 Å². The molecule has 3 rings (SSSR count). The van der Waals surface area contributed by atoms with Crippen molar-refractivity contribution in [3.05, 3.63) is 46.5 Å². The standard InChI is InChI=1S/C15H14ClN3/c1-8-3-9(2)5-10(4-8)15-18-13-7-11(16)6-12(17)14(13)19-15/h3-7H,17H2,1-2H3,(H,18,19). The number of nitrogens with zero attached hydrogens (tertiary/aromatic N) is 1. The largest absolute Gasteiger partial charge is 0.397 e. The summed E-state index contributed by atoms with van der Waals surface area (Å²) in [6.45, 7) is 4.15. The van der Waals surface area contributed by atoms with Gasteiger partial charge in [0.15, 0.2) is 0 Å². The molecule has 3 aromatic rings. The second kappa shape index (κ2) is 4.28. The Labute approximate surface area is 116 Å². The number of imidazole rings is 1. The van der Waals surface area contributed by atoms with E-state index < -0.39 is 0 Å². The number of nitrogens with one attached hydrogen (secondary N) is 1. The molecule has 0 fully saturated rings. The molecule has 0 aliphatic rings. The van der Waals surface area contributed by atoms with Gasteiger partial charge in [0, 0.05) is 10.6 Å². The monoisotopic (exact) mass is 271 g/mol. The average molecular weight is 272 g/mol. The minimum absolute atomic E-state index is 0.592. The highest BCUT2D eigenvalue weighted by Crippen LogP contribution is 2.28. The smallest absolute Gasteiger partial charge is 0.138 e. The van der Waals surface area contributed by atoms with Crippen molar-refractivity contribution in [3.8, 4) is 11.4 Å². The molecule has 1 aromatic heterocycles. The van der Waals surface area contributed by atoms with E-state index in [9.17, 15) is 0 Å². The summed E-state index contributed by atoms with van der Waals surface area (Å²) in [5.41, 5.74) is 11.6. The zero-order chi connectivity index (χ0) is 13.6. The predicted octanol–water partition coefficient (Wildman–Crippen LogP) is 4.08. The third-order valence-electron chi connectivity index (χ3n) is 3.08. The van der Waals surface area contributed by atoms with Gasteiger partial charge >= 0.3 is 0 Å². The number of aromatic nitrogens is 2. The molecular formula is C15H14ClN3. The SMILES string of the molecule is Cc1cc(C)cc(-c2nc3c(N)cc(Cl)cc3[nH]2)c1. The van der Waals surface area contributed by atoms with Crippen molar-refractivity contribution in [3.63, 3.8) is 0 Å². The van der Waals surface area contributed by atoms with Gasteiger partial charge in [-0.25, -0.2) is 4.98 Å². The van der Waals surface area contributed by atoms with Crippen molar-refractivity contribution < 1.29 is 0 Å². The maximum absolute atomic E-state index is 6.00. The lowest BCUT2D eigenvalue weighted by molar-refractivity contribution is 1.30. The van der Waals surface area contributed by atoms with E-state index in [1.54, 1.807) is 6.07 Å². The molecule has 1 heterocycles. The Kier molecular flexibility index (Phi) is 2.72. The van der Waals surface area contributed by atoms with Gasteiger partial charge in [-0.2, -0.15) is 0 Å². The molecule has 0 bridgehead atoms. The van der Waals surface area contributed by atoms with Crippen LogP contribution in [0.1, 0.15) is 11.1 Å². The molecule has 3 N–H and O–H groups in total. The second-order valence-corrected chi connectivity index (χ2v) is 5.29. The van der Waals surface area contributed by atoms with Crippen molar-refractivity contribution in [1.82, 2.24) is 9.97 Å². The first-order valence-corrected chi connectivity index (χ1v) is 6.44. The Morgan fingerprint density at radius 1 is 1.05 bits per heavy atom. The molecule has 0 saturated carbocycles. The molecule has 19 heavy (non-hydrogen) atoms. The highest BCUT2D eigenvalue weighted by molar-refractivity contribution is 6.31. The number of hydrogen-bond acceptors (Lipinski definition) is 2. The quantitative estimate of drug-likeness (QED) is 0.655. The lowest BCUT2D eigenvalue weighted by atomic mass is 10.1. The van der Waals surface area contributed by atoms with E-state index in [-0.39, 0.29) is 0 Å². The number of H-pyrrole nitrogens is 1. The Morgan fingerprint density at radius 2 is 1.74 bits per heavy atom. The van der Waals surface area contributed by atoms with E-state index in [1.165, 1.54) is 11.1 Å². The van der Waals surface area contributed by atoms with Crippen molar-refractivity contribution >= 4 is 28.3 Å². The first kappa shape index (κ1) is 12.1. The van der Waals surface area contributed by atoms with Crippen molar-refractivity contribution in [2.24, 2.45) is 0 Å². The van der Waals surface area contributed by atoms with Gasteiger partial charge in [0.2, 0.25) is 0 Å². The van der Waals surface area contributed by atoms with Gasteiger partial charge in [0.05, 0.1) is 11.2 Å². The number of rotatable bonds is 1. The number of anilines is 1. The molecule has 0 saturated heterocycles. The highest BCUT2D eigenvalue weighted by atomic mass is 35.5. The van der Waals surface area contributed by atoms with Crippen LogP contribution in [0.5, 0.6) is 0 Å². The van der Waals surface area contributed by atoms with Gasteiger partial charge < -0.3 is 10.7 Å². The van der Waals surface area contributed by atoms with Crippen LogP contribution < -0.4 is 5.73 Å². The molecule has 4 heteroatoms. The lowest BCUT2D eigenvalue weighted by Crippen LogP contribution is -1.86. The molecule has 0 aliphatic carbocycles. The molecule has 3 nitrogen and oxygen atoms in total. The first-order chi connectivity index (χ1) is 9.02. The molecule has 0 unspecified atom stereocenters. The molecule has 96 valence electrons. The fraction of sp³-hybridized carbons (Fsp3) is 0.133. The first-order valence-electron chi connectivity index (χ1n) is 6.06. The molecular weight excluding hydrogens is 258 g/mol. The summed E-state index contributed by atoms with van der Waals surface area (Å²) in [6, 6.07) is 9.89. The van der Waals surface area contributed by atoms with Gasteiger partial charge in [-0.3, -0.25) is 0 Å². The normalized spacial score (nSPS) is 11.1. The van der Waals surface area contributed by atoms with Crippen LogP contribution >= 0.6 is 11.6 Å². The third kappa shape index (κ3) is 2.17. The van der Waals surface area contributed by atoms with E-state index in [2.05, 4.69) is 42.0 Å². The predicted molar refractivity (Wildman–Crippen MR) is 80.4 cm³/mol. The third-order valence-corrected chi connectivity index (χ3v) is 3.29. The van der Waals surface area contributed by atoms with Crippen molar-refractivity contribution in [2.75, 3.05) is 5.73 Å². The van der Waals surface area contributed by atoms with Crippen LogP contribution in [0.4, 0.5) is 5.69 Å². The summed E-state index contributed by atoms with van der Waals surface area (Å²) < 4.78 is 0. The van der Waals surface area contributed by atoms with Gasteiger partial charge in [-0.05, 0) is 38.1 Å². The van der Waals surface area contributed by atoms with E-state index in [1.807, 2.05) is 6.07 Å². The van der Waals surface area contributed by atoms with Crippen molar-refractivity contribution in [2.45, 2.75) is 13.8 Å². The topological polar surface area (TPSA) is 54.7 Å². The van der Waals surface area contributed by atoms with Crippen LogP contribution in [0.3, 0.4) is 0 Å². The Morgan fingerprint density at radius 3 is 2.42 bits per heavy atom. The van der Waals surface area contributed by atoms with E-state index in [4.69, 9.17) is 17.3 Å². The Balaban J connectivity index is 2.23. The zero-order valence-electron chi connectivity index (χ0n) is 10.8. The van der Waals surface area contributed by atoms with Crippen LogP contribution in [0.2, 0.25) is 5.02 Å². The minimum Gasteiger partial charge on any atom is -0.397 e. The number of aryl methyl sites for hydroxylation is 2. The van der Waals surface area contributed by atoms with Crippen LogP contribution in [-0.2, 0) is 0 Å². The van der Waals surface area contributed by atoms with Crippen LogP contribution in [0, 0.1) is 13.8 Å². The molecule has 0 amide bonds. The summed E-state index contributed by atoms with van der Waals surface area (Å²) in [6.07, 6.45) is 0. The van der Waals surface area contributed by atoms with Gasteiger partial charge in [-0.15, -0.1) is 0 Å². The summed E-state index contributed by atoms with van der Waals surface area (Å²) in [4.78, 5) is 7.84. The molecule has 0 atom stereocenters. The van der Waals surface area contributed by atoms with E-state index >= 15 is 0 Å². The summed E-state index contributed by atoms with van der Waals surface area (Å²) in [7, 11) is 0.